The second-order valence-corrected chi connectivity index (χ2v) is 6.31. The van der Waals surface area contributed by atoms with Gasteiger partial charge in [-0.2, -0.15) is 0 Å². The average molecular weight is 406 g/mol. The molecule has 1 heterocycles. The number of aldehydes is 1. The molecule has 0 aliphatic carbocycles. The summed E-state index contributed by atoms with van der Waals surface area (Å²) in [6, 6.07) is 12.4. The van der Waals surface area contributed by atoms with E-state index < -0.39 is 0 Å². The molecule has 0 saturated heterocycles. The molecule has 1 N–H and O–H groups in total. The Morgan fingerprint density at radius 2 is 2.08 bits per heavy atom. The maximum atomic E-state index is 11.9. The summed E-state index contributed by atoms with van der Waals surface area (Å²) in [4.78, 5) is 23.0. The fraction of sp³-hybridized carbons (Fsp3) is 0.222. The van der Waals surface area contributed by atoms with Crippen molar-refractivity contribution in [1.29, 1.82) is 0 Å². The van der Waals surface area contributed by atoms with Gasteiger partial charge in [-0.1, -0.05) is 28.1 Å². The number of rotatable bonds is 6. The van der Waals surface area contributed by atoms with Gasteiger partial charge in [0.1, 0.15) is 18.5 Å². The zero-order valence-corrected chi connectivity index (χ0v) is 14.8. The van der Waals surface area contributed by atoms with Gasteiger partial charge >= 0.3 is 0 Å². The molecule has 0 bridgehead atoms. The Morgan fingerprint density at radius 3 is 2.88 bits per heavy atom. The molecule has 25 heavy (non-hydrogen) atoms. The summed E-state index contributed by atoms with van der Waals surface area (Å²) in [6.07, 6.45) is 0.417. The number of nitrogens with one attached hydrogen (secondary N) is 1. The first kappa shape index (κ1) is 17.3. The molecule has 2 aromatic carbocycles. The highest BCUT2D eigenvalue weighted by atomic mass is 79.9. The molecule has 1 aliphatic heterocycles. The lowest BCUT2D eigenvalue weighted by Crippen LogP contribution is -2.42. The minimum Gasteiger partial charge on any atom is -0.486 e. The molecule has 0 spiro atoms. The van der Waals surface area contributed by atoms with Gasteiger partial charge in [0.25, 0.3) is 5.91 Å². The number of amides is 1. The summed E-state index contributed by atoms with van der Waals surface area (Å²) in [5.41, 5.74) is 0.378. The topological polar surface area (TPSA) is 73.9 Å². The van der Waals surface area contributed by atoms with Crippen molar-refractivity contribution >= 4 is 28.1 Å². The van der Waals surface area contributed by atoms with Gasteiger partial charge in [0.15, 0.2) is 24.4 Å². The first-order valence-electron chi connectivity index (χ1n) is 7.68. The minimum absolute atomic E-state index is 0.188. The first-order chi connectivity index (χ1) is 12.2. The number of hydrogen-bond acceptors (Lipinski definition) is 5. The van der Waals surface area contributed by atoms with Crippen LogP contribution in [0.2, 0.25) is 0 Å². The molecule has 0 radical (unpaired) electrons. The van der Waals surface area contributed by atoms with E-state index in [1.165, 1.54) is 0 Å². The largest absolute Gasteiger partial charge is 0.486 e. The Kier molecular flexibility index (Phi) is 5.55. The molecular formula is C18H16BrNO5. The lowest BCUT2D eigenvalue weighted by molar-refractivity contribution is -0.123. The molecule has 0 saturated carbocycles. The van der Waals surface area contributed by atoms with Crippen molar-refractivity contribution in [2.45, 2.75) is 6.10 Å². The molecule has 2 aromatic rings. The summed E-state index contributed by atoms with van der Waals surface area (Å²) in [7, 11) is 0. The van der Waals surface area contributed by atoms with Crippen LogP contribution in [0.25, 0.3) is 0 Å². The third-order valence-electron chi connectivity index (χ3n) is 3.55. The summed E-state index contributed by atoms with van der Waals surface area (Å²) < 4.78 is 17.5. The zero-order chi connectivity index (χ0) is 17.6. The Hall–Kier alpha value is -2.54. The quantitative estimate of drug-likeness (QED) is 0.747. The van der Waals surface area contributed by atoms with Gasteiger partial charge in [0.05, 0.1) is 12.1 Å². The first-order valence-corrected chi connectivity index (χ1v) is 8.47. The molecule has 1 atom stereocenters. The molecule has 7 heteroatoms. The van der Waals surface area contributed by atoms with Gasteiger partial charge in [-0.25, -0.2) is 0 Å². The summed E-state index contributed by atoms with van der Waals surface area (Å²) in [5.74, 6) is 1.42. The predicted molar refractivity (Wildman–Crippen MR) is 94.4 cm³/mol. The van der Waals surface area contributed by atoms with Crippen molar-refractivity contribution in [2.24, 2.45) is 0 Å². The van der Waals surface area contributed by atoms with E-state index in [2.05, 4.69) is 21.2 Å². The van der Waals surface area contributed by atoms with Gasteiger partial charge in [0, 0.05) is 4.47 Å². The molecule has 1 amide bonds. The van der Waals surface area contributed by atoms with Crippen LogP contribution in [0.5, 0.6) is 17.2 Å². The van der Waals surface area contributed by atoms with Gasteiger partial charge < -0.3 is 19.5 Å². The molecule has 1 aliphatic rings. The standard InChI is InChI=1S/C18H16BrNO5/c19-13-5-6-15(12(7-13)9-21)24-11-18(22)20-8-14-10-23-16-3-1-2-4-17(16)25-14/h1-7,9,14H,8,10-11H2,(H,20,22)/t14-/m0/s1. The Balaban J connectivity index is 1.47. The molecule has 0 aromatic heterocycles. The van der Waals surface area contributed by atoms with E-state index in [9.17, 15) is 9.59 Å². The van der Waals surface area contributed by atoms with Crippen LogP contribution in [-0.4, -0.2) is 38.1 Å². The zero-order valence-electron chi connectivity index (χ0n) is 13.2. The highest BCUT2D eigenvalue weighted by molar-refractivity contribution is 9.10. The van der Waals surface area contributed by atoms with Crippen molar-refractivity contribution in [2.75, 3.05) is 19.8 Å². The summed E-state index contributed by atoms with van der Waals surface area (Å²) in [6.45, 7) is 0.476. The van der Waals surface area contributed by atoms with Gasteiger partial charge in [-0.3, -0.25) is 9.59 Å². The monoisotopic (exact) mass is 405 g/mol. The number of halogens is 1. The lowest BCUT2D eigenvalue weighted by atomic mass is 10.2. The average Bonchev–Trinajstić information content (AvgIpc) is 2.65. The fourth-order valence-electron chi connectivity index (χ4n) is 2.33. The Morgan fingerprint density at radius 1 is 1.28 bits per heavy atom. The van der Waals surface area contributed by atoms with E-state index in [1.54, 1.807) is 18.2 Å². The summed E-state index contributed by atoms with van der Waals surface area (Å²) >= 11 is 3.28. The SMILES string of the molecule is O=Cc1cc(Br)ccc1OCC(=O)NC[C@H]1COc2ccccc2O1. The minimum atomic E-state index is -0.303. The van der Waals surface area contributed by atoms with Crippen LogP contribution in [0.4, 0.5) is 0 Å². The molecule has 6 nitrogen and oxygen atoms in total. The number of para-hydroxylation sites is 2. The maximum Gasteiger partial charge on any atom is 0.258 e. The predicted octanol–water partition coefficient (Wildman–Crippen LogP) is 2.60. The fourth-order valence-corrected chi connectivity index (χ4v) is 2.71. The van der Waals surface area contributed by atoms with Crippen LogP contribution in [0.3, 0.4) is 0 Å². The molecular weight excluding hydrogens is 390 g/mol. The van der Waals surface area contributed by atoms with Crippen molar-refractivity contribution in [3.05, 3.63) is 52.5 Å². The third-order valence-corrected chi connectivity index (χ3v) is 4.05. The highest BCUT2D eigenvalue weighted by Gasteiger charge is 2.21. The van der Waals surface area contributed by atoms with Crippen molar-refractivity contribution in [3.8, 4) is 17.2 Å². The van der Waals surface area contributed by atoms with E-state index in [1.807, 2.05) is 24.3 Å². The van der Waals surface area contributed by atoms with E-state index >= 15 is 0 Å². The van der Waals surface area contributed by atoms with E-state index in [0.717, 1.165) is 4.47 Å². The number of ether oxygens (including phenoxy) is 3. The van der Waals surface area contributed by atoms with Crippen LogP contribution < -0.4 is 19.5 Å². The van der Waals surface area contributed by atoms with Crippen molar-refractivity contribution < 1.29 is 23.8 Å². The number of fused-ring (bicyclic) bond motifs is 1. The van der Waals surface area contributed by atoms with Gasteiger partial charge in [0.2, 0.25) is 0 Å². The lowest BCUT2D eigenvalue weighted by Gasteiger charge is -2.26. The van der Waals surface area contributed by atoms with Crippen LogP contribution in [0, 0.1) is 0 Å². The van der Waals surface area contributed by atoms with Crippen molar-refractivity contribution in [1.82, 2.24) is 5.32 Å². The molecule has 0 fully saturated rings. The van der Waals surface area contributed by atoms with Crippen LogP contribution in [0.1, 0.15) is 10.4 Å². The van der Waals surface area contributed by atoms with E-state index in [-0.39, 0.29) is 18.6 Å². The van der Waals surface area contributed by atoms with Gasteiger partial charge in [-0.15, -0.1) is 0 Å². The van der Waals surface area contributed by atoms with E-state index in [4.69, 9.17) is 14.2 Å². The van der Waals surface area contributed by atoms with Crippen LogP contribution >= 0.6 is 15.9 Å². The highest BCUT2D eigenvalue weighted by Crippen LogP contribution is 2.30. The molecule has 0 unspecified atom stereocenters. The maximum absolute atomic E-state index is 11.9. The third kappa shape index (κ3) is 4.51. The van der Waals surface area contributed by atoms with Crippen LogP contribution in [-0.2, 0) is 4.79 Å². The number of hydrogen-bond donors (Lipinski definition) is 1. The smallest absolute Gasteiger partial charge is 0.258 e. The summed E-state index contributed by atoms with van der Waals surface area (Å²) in [5, 5.41) is 2.74. The van der Waals surface area contributed by atoms with Gasteiger partial charge in [-0.05, 0) is 30.3 Å². The van der Waals surface area contributed by atoms with Crippen molar-refractivity contribution in [3.63, 3.8) is 0 Å². The number of carbonyl (C=O) groups is 2. The van der Waals surface area contributed by atoms with Crippen LogP contribution in [0.15, 0.2) is 46.9 Å². The second-order valence-electron chi connectivity index (χ2n) is 5.39. The number of benzene rings is 2. The second kappa shape index (κ2) is 8.02. The normalized spacial score (nSPS) is 15.3. The molecule has 3 rings (SSSR count). The number of carbonyl (C=O) groups excluding carboxylic acids is 2. The van der Waals surface area contributed by atoms with E-state index in [0.29, 0.717) is 42.2 Å². The Labute approximate surface area is 153 Å². The molecule has 130 valence electrons. The Bertz CT molecular complexity index is 780.